The minimum atomic E-state index is -3.98. The lowest BCUT2D eigenvalue weighted by Crippen LogP contribution is -2.31. The summed E-state index contributed by atoms with van der Waals surface area (Å²) in [6, 6.07) is 20.5. The van der Waals surface area contributed by atoms with Crippen LogP contribution in [0.25, 0.3) is 5.69 Å². The molecule has 6 nitrogen and oxygen atoms in total. The number of hydrogen-bond donors (Lipinski definition) is 1. The number of hydrogen-bond acceptors (Lipinski definition) is 3. The van der Waals surface area contributed by atoms with Crippen molar-refractivity contribution in [2.24, 2.45) is 0 Å². The fraction of sp³-hybridized carbons (Fsp3) is 0.0800. The topological polar surface area (TPSA) is 71.4 Å². The molecule has 0 spiro atoms. The lowest BCUT2D eigenvalue weighted by molar-refractivity contribution is 0.102. The summed E-state index contributed by atoms with van der Waals surface area (Å²) in [7, 11) is -3.98. The number of benzene rings is 3. The van der Waals surface area contributed by atoms with Crippen LogP contribution in [0.4, 0.5) is 15.8 Å². The number of anilines is 2. The molecule has 1 amide bonds. The first-order valence-corrected chi connectivity index (χ1v) is 12.2. The van der Waals surface area contributed by atoms with Gasteiger partial charge in [-0.15, -0.1) is 0 Å². The molecule has 9 heteroatoms. The van der Waals surface area contributed by atoms with Gasteiger partial charge in [0, 0.05) is 24.6 Å². The summed E-state index contributed by atoms with van der Waals surface area (Å²) in [5.41, 5.74) is 0.998. The fourth-order valence-electron chi connectivity index (χ4n) is 3.52. The summed E-state index contributed by atoms with van der Waals surface area (Å²) in [4.78, 5) is 12.9. The number of sulfonamides is 1. The number of nitrogens with one attached hydrogen (secondary N) is 1. The molecule has 4 rings (SSSR count). The van der Waals surface area contributed by atoms with E-state index in [0.29, 0.717) is 11.4 Å². The van der Waals surface area contributed by atoms with Gasteiger partial charge in [0.15, 0.2) is 0 Å². The van der Waals surface area contributed by atoms with Crippen molar-refractivity contribution in [1.29, 1.82) is 0 Å². The highest BCUT2D eigenvalue weighted by Crippen LogP contribution is 2.28. The lowest BCUT2D eigenvalue weighted by atomic mass is 10.2. The molecule has 0 aliphatic heterocycles. The van der Waals surface area contributed by atoms with Crippen molar-refractivity contribution >= 4 is 38.9 Å². The van der Waals surface area contributed by atoms with E-state index in [-0.39, 0.29) is 27.7 Å². The summed E-state index contributed by atoms with van der Waals surface area (Å²) in [5, 5.41) is 2.55. The smallest absolute Gasteiger partial charge is 0.264 e. The van der Waals surface area contributed by atoms with Gasteiger partial charge in [-0.25, -0.2) is 12.8 Å². The van der Waals surface area contributed by atoms with E-state index < -0.39 is 21.7 Å². The molecule has 0 atom stereocenters. The van der Waals surface area contributed by atoms with Gasteiger partial charge < -0.3 is 9.88 Å². The van der Waals surface area contributed by atoms with E-state index in [1.54, 1.807) is 60.3 Å². The molecular weight excluding hydrogens is 477 g/mol. The van der Waals surface area contributed by atoms with Gasteiger partial charge in [-0.05, 0) is 67.6 Å². The van der Waals surface area contributed by atoms with Gasteiger partial charge in [-0.1, -0.05) is 29.8 Å². The van der Waals surface area contributed by atoms with E-state index >= 15 is 0 Å². The van der Waals surface area contributed by atoms with Crippen LogP contribution in [-0.4, -0.2) is 25.4 Å². The number of para-hydroxylation sites is 1. The molecule has 0 radical (unpaired) electrons. The average Bonchev–Trinajstić information content (AvgIpc) is 3.36. The van der Waals surface area contributed by atoms with Crippen molar-refractivity contribution in [2.75, 3.05) is 16.2 Å². The van der Waals surface area contributed by atoms with Gasteiger partial charge in [-0.3, -0.25) is 9.10 Å². The third-order valence-corrected chi connectivity index (χ3v) is 7.43. The molecule has 1 N–H and O–H groups in total. The molecule has 0 bridgehead atoms. The molecule has 1 heterocycles. The van der Waals surface area contributed by atoms with Crippen molar-refractivity contribution in [3.63, 3.8) is 0 Å². The molecule has 0 fully saturated rings. The summed E-state index contributed by atoms with van der Waals surface area (Å²) >= 11 is 6.22. The first-order valence-electron chi connectivity index (χ1n) is 10.4. The molecule has 3 aromatic carbocycles. The van der Waals surface area contributed by atoms with Crippen molar-refractivity contribution in [3.05, 3.63) is 108 Å². The van der Waals surface area contributed by atoms with Crippen molar-refractivity contribution in [2.45, 2.75) is 11.8 Å². The number of aromatic nitrogens is 1. The lowest BCUT2D eigenvalue weighted by Gasteiger charge is -2.23. The first kappa shape index (κ1) is 23.5. The van der Waals surface area contributed by atoms with Crippen LogP contribution in [0.2, 0.25) is 5.02 Å². The zero-order valence-electron chi connectivity index (χ0n) is 18.2. The summed E-state index contributed by atoms with van der Waals surface area (Å²) in [6.45, 7) is 1.91. The highest BCUT2D eigenvalue weighted by molar-refractivity contribution is 7.92. The standard InChI is InChI=1S/C25H21ClFN3O3S/c1-2-30(18-8-4-3-5-9-18)34(32,33)20-11-12-22(26)21(17-20)25(31)28-24-16-19(10-13-23(24)27)29-14-6-7-15-29/h3-17H,2H2,1H3,(H,28,31). The molecule has 0 unspecified atom stereocenters. The van der Waals surface area contributed by atoms with E-state index in [4.69, 9.17) is 11.6 Å². The van der Waals surface area contributed by atoms with Gasteiger partial charge in [0.25, 0.3) is 15.9 Å². The number of nitrogens with zero attached hydrogens (tertiary/aromatic N) is 2. The highest BCUT2D eigenvalue weighted by atomic mass is 35.5. The second-order valence-corrected chi connectivity index (χ2v) is 9.63. The Morgan fingerprint density at radius 1 is 1.00 bits per heavy atom. The Balaban J connectivity index is 1.66. The Morgan fingerprint density at radius 3 is 2.38 bits per heavy atom. The molecule has 34 heavy (non-hydrogen) atoms. The number of rotatable bonds is 7. The quantitative estimate of drug-likeness (QED) is 0.354. The van der Waals surface area contributed by atoms with Crippen LogP contribution in [0.15, 0.2) is 96.2 Å². The molecule has 0 saturated heterocycles. The Kier molecular flexibility index (Phi) is 6.72. The predicted octanol–water partition coefficient (Wildman–Crippen LogP) is 5.74. The van der Waals surface area contributed by atoms with E-state index in [0.717, 1.165) is 0 Å². The Hall–Kier alpha value is -3.62. The van der Waals surface area contributed by atoms with Gasteiger partial charge in [0.2, 0.25) is 0 Å². The molecule has 174 valence electrons. The molecular formula is C25H21ClFN3O3S. The normalized spacial score (nSPS) is 11.3. The number of amides is 1. The van der Waals surface area contributed by atoms with Crippen molar-refractivity contribution in [3.8, 4) is 5.69 Å². The van der Waals surface area contributed by atoms with Gasteiger partial charge in [0.05, 0.1) is 26.9 Å². The highest BCUT2D eigenvalue weighted by Gasteiger charge is 2.25. The third-order valence-electron chi connectivity index (χ3n) is 5.20. The van der Waals surface area contributed by atoms with E-state index in [2.05, 4.69) is 5.32 Å². The fourth-order valence-corrected chi connectivity index (χ4v) is 5.22. The summed E-state index contributed by atoms with van der Waals surface area (Å²) < 4.78 is 44.1. The molecule has 1 aromatic heterocycles. The first-order chi connectivity index (χ1) is 16.3. The minimum Gasteiger partial charge on any atom is -0.324 e. The largest absolute Gasteiger partial charge is 0.324 e. The Labute approximate surface area is 202 Å². The number of carbonyl (C=O) groups is 1. The van der Waals surface area contributed by atoms with Gasteiger partial charge in [0.1, 0.15) is 5.82 Å². The molecule has 0 aliphatic rings. The van der Waals surface area contributed by atoms with Gasteiger partial charge >= 0.3 is 0 Å². The maximum absolute atomic E-state index is 14.4. The molecule has 0 aliphatic carbocycles. The van der Waals surface area contributed by atoms with Crippen LogP contribution in [0, 0.1) is 5.82 Å². The predicted molar refractivity (Wildman–Crippen MR) is 132 cm³/mol. The average molecular weight is 498 g/mol. The third kappa shape index (κ3) is 4.69. The minimum absolute atomic E-state index is 0.0428. The maximum atomic E-state index is 14.4. The number of carbonyl (C=O) groups excluding carboxylic acids is 1. The van der Waals surface area contributed by atoms with Crippen LogP contribution in [0.3, 0.4) is 0 Å². The van der Waals surface area contributed by atoms with E-state index in [1.165, 1.54) is 34.6 Å². The Morgan fingerprint density at radius 2 is 1.71 bits per heavy atom. The van der Waals surface area contributed by atoms with Crippen molar-refractivity contribution in [1.82, 2.24) is 4.57 Å². The second-order valence-electron chi connectivity index (χ2n) is 7.36. The summed E-state index contributed by atoms with van der Waals surface area (Å²) in [5.74, 6) is -1.36. The summed E-state index contributed by atoms with van der Waals surface area (Å²) in [6.07, 6.45) is 3.58. The second kappa shape index (κ2) is 9.70. The van der Waals surface area contributed by atoms with Crippen LogP contribution >= 0.6 is 11.6 Å². The number of halogens is 2. The zero-order chi connectivity index (χ0) is 24.3. The van der Waals surface area contributed by atoms with E-state index in [1.807, 2.05) is 12.1 Å². The Bertz CT molecular complexity index is 1430. The zero-order valence-corrected chi connectivity index (χ0v) is 19.7. The maximum Gasteiger partial charge on any atom is 0.264 e. The van der Waals surface area contributed by atoms with Crippen LogP contribution in [0.1, 0.15) is 17.3 Å². The van der Waals surface area contributed by atoms with Crippen LogP contribution in [0.5, 0.6) is 0 Å². The monoisotopic (exact) mass is 497 g/mol. The van der Waals surface area contributed by atoms with Crippen molar-refractivity contribution < 1.29 is 17.6 Å². The molecule has 4 aromatic rings. The van der Waals surface area contributed by atoms with E-state index in [9.17, 15) is 17.6 Å². The van der Waals surface area contributed by atoms with Gasteiger partial charge in [-0.2, -0.15) is 0 Å². The van der Waals surface area contributed by atoms with Crippen LogP contribution in [-0.2, 0) is 10.0 Å². The SMILES string of the molecule is CCN(c1ccccc1)S(=O)(=O)c1ccc(Cl)c(C(=O)Nc2cc(-n3cccc3)ccc2F)c1. The molecule has 0 saturated carbocycles. The van der Waals surface area contributed by atoms with Crippen LogP contribution < -0.4 is 9.62 Å².